The van der Waals surface area contributed by atoms with Crippen LogP contribution >= 0.6 is 0 Å². The highest BCUT2D eigenvalue weighted by Crippen LogP contribution is 2.31. The Morgan fingerprint density at radius 1 is 1.21 bits per heavy atom. The largest absolute Gasteiger partial charge is 0.856 e. The summed E-state index contributed by atoms with van der Waals surface area (Å²) < 4.78 is 48.2. The van der Waals surface area contributed by atoms with Gasteiger partial charge in [-0.05, 0) is 6.07 Å². The fourth-order valence-electron chi connectivity index (χ4n) is 0.962. The third-order valence-corrected chi connectivity index (χ3v) is 1.54. The number of hydrogen-bond acceptors (Lipinski definition) is 2. The van der Waals surface area contributed by atoms with E-state index in [2.05, 4.69) is 0 Å². The molecular formula is C8H4F4NO-. The van der Waals surface area contributed by atoms with Crippen LogP contribution in [0.25, 0.3) is 0 Å². The summed E-state index contributed by atoms with van der Waals surface area (Å²) in [7, 11) is 0. The van der Waals surface area contributed by atoms with Gasteiger partial charge in [0.05, 0.1) is 5.56 Å². The van der Waals surface area contributed by atoms with Gasteiger partial charge in [-0.1, -0.05) is 22.7 Å². The summed E-state index contributed by atoms with van der Waals surface area (Å²) in [5, 5.41) is 12.3. The Kier molecular flexibility index (Phi) is 2.73. The average molecular weight is 206 g/mol. The van der Waals surface area contributed by atoms with Gasteiger partial charge in [0.15, 0.2) is 0 Å². The average Bonchev–Trinajstić information content (AvgIpc) is 2.15. The Morgan fingerprint density at radius 2 is 1.79 bits per heavy atom. The number of rotatable bonds is 1. The normalized spacial score (nSPS) is 13.0. The summed E-state index contributed by atoms with van der Waals surface area (Å²) in [6, 6.07) is 3.87. The van der Waals surface area contributed by atoms with E-state index < -0.39 is 23.2 Å². The highest BCUT2D eigenvalue weighted by molar-refractivity contribution is 5.91. The van der Waals surface area contributed by atoms with Crippen molar-refractivity contribution in [3.8, 4) is 0 Å². The zero-order chi connectivity index (χ0) is 10.8. The molecule has 0 radical (unpaired) electrons. The first-order valence-corrected chi connectivity index (χ1v) is 3.49. The van der Waals surface area contributed by atoms with Crippen molar-refractivity contribution in [3.63, 3.8) is 0 Å². The Labute approximate surface area is 76.4 Å². The van der Waals surface area contributed by atoms with Gasteiger partial charge in [0.25, 0.3) is 0 Å². The first kappa shape index (κ1) is 10.5. The van der Waals surface area contributed by atoms with Crippen molar-refractivity contribution in [1.82, 2.24) is 0 Å². The van der Waals surface area contributed by atoms with Gasteiger partial charge in [0.1, 0.15) is 0 Å². The highest BCUT2D eigenvalue weighted by atomic mass is 19.4. The maximum atomic E-state index is 12.2. The van der Waals surface area contributed by atoms with Gasteiger partial charge in [-0.15, -0.1) is 5.21 Å². The summed E-state index contributed by atoms with van der Waals surface area (Å²) >= 11 is 0. The Morgan fingerprint density at radius 3 is 2.29 bits per heavy atom. The molecule has 14 heavy (non-hydrogen) atoms. The molecule has 0 N–H and O–H groups in total. The Bertz CT molecular complexity index is 359. The van der Waals surface area contributed by atoms with Gasteiger partial charge >= 0.3 is 6.18 Å². The van der Waals surface area contributed by atoms with Crippen molar-refractivity contribution in [2.75, 3.05) is 0 Å². The second-order valence-corrected chi connectivity index (χ2v) is 2.43. The van der Waals surface area contributed by atoms with Gasteiger partial charge in [0, 0.05) is 11.5 Å². The van der Waals surface area contributed by atoms with Crippen LogP contribution in [-0.4, -0.2) is 5.90 Å². The number of benzene rings is 1. The van der Waals surface area contributed by atoms with Crippen molar-refractivity contribution in [3.05, 3.63) is 35.4 Å². The lowest BCUT2D eigenvalue weighted by atomic mass is 10.1. The first-order valence-electron chi connectivity index (χ1n) is 3.49. The molecule has 0 saturated heterocycles. The number of alkyl halides is 3. The fourth-order valence-corrected chi connectivity index (χ4v) is 0.962. The molecule has 0 heterocycles. The van der Waals surface area contributed by atoms with Crippen molar-refractivity contribution < 1.29 is 22.8 Å². The van der Waals surface area contributed by atoms with Gasteiger partial charge in [-0.3, -0.25) is 0 Å². The van der Waals surface area contributed by atoms with Gasteiger partial charge in [-0.2, -0.15) is 13.2 Å². The maximum Gasteiger partial charge on any atom is 0.417 e. The quantitative estimate of drug-likeness (QED) is 0.391. The lowest BCUT2D eigenvalue weighted by molar-refractivity contribution is -0.216. The van der Waals surface area contributed by atoms with Gasteiger partial charge < -0.3 is 5.11 Å². The van der Waals surface area contributed by atoms with Crippen LogP contribution in [0.1, 0.15) is 11.1 Å². The second kappa shape index (κ2) is 3.65. The predicted molar refractivity (Wildman–Crippen MR) is 39.1 cm³/mol. The molecule has 0 aliphatic carbocycles. The van der Waals surface area contributed by atoms with E-state index >= 15 is 0 Å². The van der Waals surface area contributed by atoms with Crippen molar-refractivity contribution >= 4 is 5.90 Å². The predicted octanol–water partition coefficient (Wildman–Crippen LogP) is 1.70. The molecule has 2 nitrogen and oxygen atoms in total. The molecule has 76 valence electrons. The van der Waals surface area contributed by atoms with E-state index in [1.165, 1.54) is 6.07 Å². The maximum absolute atomic E-state index is 12.2. The molecule has 1 aromatic rings. The first-order chi connectivity index (χ1) is 6.46. The summed E-state index contributed by atoms with van der Waals surface area (Å²) in [6.45, 7) is 0. The van der Waals surface area contributed by atoms with E-state index in [-0.39, 0.29) is 0 Å². The summed E-state index contributed by atoms with van der Waals surface area (Å²) in [5.41, 5.74) is -1.98. The molecule has 0 aromatic heterocycles. The van der Waals surface area contributed by atoms with E-state index in [4.69, 9.17) is 0 Å². The van der Waals surface area contributed by atoms with E-state index in [1.807, 2.05) is 0 Å². The molecular weight excluding hydrogens is 202 g/mol. The van der Waals surface area contributed by atoms with E-state index in [1.54, 1.807) is 5.21 Å². The molecule has 0 atom stereocenters. The summed E-state index contributed by atoms with van der Waals surface area (Å²) in [6.07, 6.45) is -4.68. The lowest BCUT2D eigenvalue weighted by Crippen LogP contribution is -2.22. The monoisotopic (exact) mass is 206 g/mol. The van der Waals surface area contributed by atoms with Crippen LogP contribution in [0.2, 0.25) is 0 Å². The zero-order valence-corrected chi connectivity index (χ0v) is 6.68. The van der Waals surface area contributed by atoms with Crippen LogP contribution in [-0.2, 0) is 6.18 Å². The minimum Gasteiger partial charge on any atom is -0.856 e. The third-order valence-electron chi connectivity index (χ3n) is 1.54. The SMILES string of the molecule is [O-]C(=NF)c1ccccc1C(F)(F)F. The highest BCUT2D eigenvalue weighted by Gasteiger charge is 2.32. The van der Waals surface area contributed by atoms with Crippen LogP contribution in [0.5, 0.6) is 0 Å². The topological polar surface area (TPSA) is 35.4 Å². The lowest BCUT2D eigenvalue weighted by Gasteiger charge is -2.15. The molecule has 6 heteroatoms. The number of halogens is 4. The van der Waals surface area contributed by atoms with Gasteiger partial charge in [0.2, 0.25) is 0 Å². The molecule has 0 aliphatic heterocycles. The standard InChI is InChI=1S/C8H5F4NO/c9-8(10,11)6-4-2-1-3-5(6)7(14)13-12/h1-4H,(H,13,14)/p-1. The van der Waals surface area contributed by atoms with E-state index in [0.717, 1.165) is 12.1 Å². The van der Waals surface area contributed by atoms with Crippen LogP contribution in [0.4, 0.5) is 17.7 Å². The minimum absolute atomic E-state index is 0.693. The molecule has 0 unspecified atom stereocenters. The minimum atomic E-state index is -4.68. The molecule has 0 amide bonds. The third kappa shape index (κ3) is 2.01. The molecule has 0 fully saturated rings. The second-order valence-electron chi connectivity index (χ2n) is 2.43. The molecule has 1 rings (SSSR count). The molecule has 0 saturated carbocycles. The van der Waals surface area contributed by atoms with Crippen LogP contribution < -0.4 is 5.11 Å². The number of hydrogen-bond donors (Lipinski definition) is 0. The van der Waals surface area contributed by atoms with Crippen LogP contribution in [0.3, 0.4) is 0 Å². The summed E-state index contributed by atoms with van der Waals surface area (Å²) in [4.78, 5) is 0. The molecule has 0 aliphatic rings. The Balaban J connectivity index is 3.31. The Hall–Kier alpha value is -1.59. The molecule has 1 aromatic carbocycles. The van der Waals surface area contributed by atoms with Crippen molar-refractivity contribution in [1.29, 1.82) is 0 Å². The van der Waals surface area contributed by atoms with Gasteiger partial charge in [-0.25, -0.2) is 0 Å². The smallest absolute Gasteiger partial charge is 0.417 e. The van der Waals surface area contributed by atoms with Crippen molar-refractivity contribution in [2.45, 2.75) is 6.18 Å². The molecule has 0 spiro atoms. The van der Waals surface area contributed by atoms with Crippen molar-refractivity contribution in [2.24, 2.45) is 5.21 Å². The van der Waals surface area contributed by atoms with Crippen LogP contribution in [0.15, 0.2) is 29.5 Å². The number of nitrogens with zero attached hydrogens (tertiary/aromatic N) is 1. The van der Waals surface area contributed by atoms with Crippen LogP contribution in [0, 0.1) is 0 Å². The fraction of sp³-hybridized carbons (Fsp3) is 0.125. The zero-order valence-electron chi connectivity index (χ0n) is 6.68. The van der Waals surface area contributed by atoms with E-state index in [0.29, 0.717) is 6.07 Å². The summed E-state index contributed by atoms with van der Waals surface area (Å²) in [5.74, 6) is -1.53. The van der Waals surface area contributed by atoms with E-state index in [9.17, 15) is 22.8 Å². The molecule has 0 bridgehead atoms.